The van der Waals surface area contributed by atoms with Gasteiger partial charge in [-0.2, -0.15) is 0 Å². The van der Waals surface area contributed by atoms with Gasteiger partial charge in [0, 0.05) is 28.6 Å². The molecule has 0 bridgehead atoms. The number of hydrogen-bond acceptors (Lipinski definition) is 8. The van der Waals surface area contributed by atoms with E-state index in [1.807, 2.05) is 6.07 Å². The third-order valence-electron chi connectivity index (χ3n) is 3.09. The number of nitrogens with zero attached hydrogens (tertiary/aromatic N) is 4. The van der Waals surface area contributed by atoms with Gasteiger partial charge in [0.15, 0.2) is 11.6 Å². The van der Waals surface area contributed by atoms with E-state index in [1.54, 1.807) is 24.4 Å². The molecular formula is C15H13BrN8O. The Morgan fingerprint density at radius 2 is 1.80 bits per heavy atom. The summed E-state index contributed by atoms with van der Waals surface area (Å²) in [5, 5.41) is 2.99. The van der Waals surface area contributed by atoms with E-state index >= 15 is 0 Å². The predicted molar refractivity (Wildman–Crippen MR) is 97.0 cm³/mol. The van der Waals surface area contributed by atoms with Crippen LogP contribution in [0.2, 0.25) is 0 Å². The molecule has 0 radical (unpaired) electrons. The number of hydrazine groups is 1. The maximum absolute atomic E-state index is 12.0. The van der Waals surface area contributed by atoms with E-state index in [9.17, 15) is 4.79 Å². The molecule has 3 aromatic heterocycles. The van der Waals surface area contributed by atoms with Gasteiger partial charge in [-0.1, -0.05) is 0 Å². The van der Waals surface area contributed by atoms with Crippen LogP contribution >= 0.6 is 15.9 Å². The molecule has 0 spiro atoms. The van der Waals surface area contributed by atoms with Crippen molar-refractivity contribution in [3.63, 3.8) is 0 Å². The number of pyridine rings is 2. The molecular weight excluding hydrogens is 388 g/mol. The SMILES string of the molecule is Nc1c(NNC(=O)c2ccncc2)ncnc1Nc1ccc(Br)cn1. The summed E-state index contributed by atoms with van der Waals surface area (Å²) in [5.41, 5.74) is 11.9. The maximum atomic E-state index is 12.0. The molecule has 25 heavy (non-hydrogen) atoms. The lowest BCUT2D eigenvalue weighted by Crippen LogP contribution is -2.30. The van der Waals surface area contributed by atoms with Crippen LogP contribution in [0.1, 0.15) is 10.4 Å². The van der Waals surface area contributed by atoms with Gasteiger partial charge in [0.1, 0.15) is 17.8 Å². The average Bonchev–Trinajstić information content (AvgIpc) is 2.64. The Bertz CT molecular complexity index is 872. The van der Waals surface area contributed by atoms with Crippen LogP contribution < -0.4 is 21.9 Å². The number of rotatable bonds is 5. The Morgan fingerprint density at radius 1 is 1.04 bits per heavy atom. The largest absolute Gasteiger partial charge is 0.393 e. The third-order valence-corrected chi connectivity index (χ3v) is 3.56. The Labute approximate surface area is 151 Å². The number of anilines is 4. The Balaban J connectivity index is 1.70. The van der Waals surface area contributed by atoms with Crippen molar-refractivity contribution in [2.24, 2.45) is 0 Å². The number of nitrogens with one attached hydrogen (secondary N) is 3. The molecule has 0 saturated carbocycles. The molecule has 5 N–H and O–H groups in total. The number of amides is 1. The molecule has 3 rings (SSSR count). The zero-order valence-corrected chi connectivity index (χ0v) is 14.4. The van der Waals surface area contributed by atoms with Crippen LogP contribution in [0.5, 0.6) is 0 Å². The summed E-state index contributed by atoms with van der Waals surface area (Å²) in [6.45, 7) is 0. The molecule has 3 aromatic rings. The highest BCUT2D eigenvalue weighted by Crippen LogP contribution is 2.24. The third kappa shape index (κ3) is 4.18. The summed E-state index contributed by atoms with van der Waals surface area (Å²) in [4.78, 5) is 28.2. The number of nitrogen functional groups attached to an aromatic ring is 1. The fourth-order valence-corrected chi connectivity index (χ4v) is 2.09. The number of aromatic nitrogens is 4. The smallest absolute Gasteiger partial charge is 0.269 e. The van der Waals surface area contributed by atoms with Crippen molar-refractivity contribution in [1.82, 2.24) is 25.4 Å². The molecule has 0 unspecified atom stereocenters. The molecule has 0 aromatic carbocycles. The topological polar surface area (TPSA) is 131 Å². The van der Waals surface area contributed by atoms with E-state index in [1.165, 1.54) is 18.7 Å². The van der Waals surface area contributed by atoms with E-state index in [2.05, 4.69) is 52.0 Å². The minimum absolute atomic E-state index is 0.238. The van der Waals surface area contributed by atoms with Crippen molar-refractivity contribution >= 4 is 45.0 Å². The van der Waals surface area contributed by atoms with Gasteiger partial charge in [-0.15, -0.1) is 0 Å². The van der Waals surface area contributed by atoms with Crippen molar-refractivity contribution < 1.29 is 4.79 Å². The Kier molecular flexibility index (Phi) is 5.00. The molecule has 0 aliphatic heterocycles. The Hall–Kier alpha value is -3.27. The van der Waals surface area contributed by atoms with Crippen molar-refractivity contribution in [3.05, 3.63) is 59.2 Å². The molecule has 126 valence electrons. The summed E-state index contributed by atoms with van der Waals surface area (Å²) < 4.78 is 0.856. The van der Waals surface area contributed by atoms with E-state index in [4.69, 9.17) is 5.73 Å². The van der Waals surface area contributed by atoms with Gasteiger partial charge in [0.2, 0.25) is 0 Å². The first kappa shape index (κ1) is 16.6. The van der Waals surface area contributed by atoms with Gasteiger partial charge in [-0.3, -0.25) is 20.6 Å². The zero-order chi connectivity index (χ0) is 17.6. The van der Waals surface area contributed by atoms with Crippen molar-refractivity contribution in [3.8, 4) is 0 Å². The summed E-state index contributed by atoms with van der Waals surface area (Å²) in [6, 6.07) is 6.78. The fourth-order valence-electron chi connectivity index (χ4n) is 1.86. The fraction of sp³-hybridized carbons (Fsp3) is 0. The Morgan fingerprint density at radius 3 is 2.52 bits per heavy atom. The monoisotopic (exact) mass is 400 g/mol. The number of nitrogens with two attached hydrogens (primary N) is 1. The van der Waals surface area contributed by atoms with E-state index in [0.717, 1.165) is 4.47 Å². The van der Waals surface area contributed by atoms with Gasteiger partial charge < -0.3 is 11.1 Å². The highest BCUT2D eigenvalue weighted by molar-refractivity contribution is 9.10. The van der Waals surface area contributed by atoms with E-state index in [-0.39, 0.29) is 17.4 Å². The van der Waals surface area contributed by atoms with Crippen LogP contribution in [0.25, 0.3) is 0 Å². The molecule has 0 aliphatic rings. The van der Waals surface area contributed by atoms with Crippen LogP contribution in [-0.4, -0.2) is 25.8 Å². The van der Waals surface area contributed by atoms with Gasteiger partial charge in [-0.25, -0.2) is 15.0 Å². The van der Waals surface area contributed by atoms with E-state index in [0.29, 0.717) is 17.2 Å². The van der Waals surface area contributed by atoms with Gasteiger partial charge >= 0.3 is 0 Å². The summed E-state index contributed by atoms with van der Waals surface area (Å²) in [6.07, 6.45) is 6.02. The molecule has 9 nitrogen and oxygen atoms in total. The highest BCUT2D eigenvalue weighted by Gasteiger charge is 2.10. The van der Waals surface area contributed by atoms with Crippen LogP contribution in [0, 0.1) is 0 Å². The first-order chi connectivity index (χ1) is 12.1. The summed E-state index contributed by atoms with van der Waals surface area (Å²) in [5.74, 6) is 0.854. The van der Waals surface area contributed by atoms with Crippen molar-refractivity contribution in [1.29, 1.82) is 0 Å². The lowest BCUT2D eigenvalue weighted by molar-refractivity contribution is 0.0962. The molecule has 1 amide bonds. The molecule has 0 aliphatic carbocycles. The first-order valence-electron chi connectivity index (χ1n) is 7.09. The number of halogens is 1. The van der Waals surface area contributed by atoms with Crippen molar-refractivity contribution in [2.75, 3.05) is 16.5 Å². The second kappa shape index (κ2) is 7.53. The summed E-state index contributed by atoms with van der Waals surface area (Å²) >= 11 is 3.32. The maximum Gasteiger partial charge on any atom is 0.269 e. The average molecular weight is 401 g/mol. The molecule has 0 fully saturated rings. The predicted octanol–water partition coefficient (Wildman–Crippen LogP) is 2.11. The van der Waals surface area contributed by atoms with Crippen LogP contribution in [0.3, 0.4) is 0 Å². The van der Waals surface area contributed by atoms with Gasteiger partial charge in [-0.05, 0) is 40.2 Å². The molecule has 0 atom stereocenters. The summed E-state index contributed by atoms with van der Waals surface area (Å²) in [7, 11) is 0. The lowest BCUT2D eigenvalue weighted by atomic mass is 10.3. The standard InChI is InChI=1S/C15H13BrN8O/c16-10-1-2-11(19-7-10)22-13-12(17)14(21-8-20-13)23-24-15(25)9-3-5-18-6-4-9/h1-8H,17H2,(H,24,25)(H2,19,20,21,22,23). The van der Waals surface area contributed by atoms with Gasteiger partial charge in [0.05, 0.1) is 0 Å². The number of hydrogen-bond donors (Lipinski definition) is 4. The van der Waals surface area contributed by atoms with Gasteiger partial charge in [0.25, 0.3) is 5.91 Å². The minimum atomic E-state index is -0.343. The molecule has 0 saturated heterocycles. The highest BCUT2D eigenvalue weighted by atomic mass is 79.9. The number of carbonyl (C=O) groups excluding carboxylic acids is 1. The quantitative estimate of drug-likeness (QED) is 0.478. The molecule has 3 heterocycles. The van der Waals surface area contributed by atoms with Crippen molar-refractivity contribution in [2.45, 2.75) is 0 Å². The van der Waals surface area contributed by atoms with E-state index < -0.39 is 0 Å². The number of carbonyl (C=O) groups is 1. The lowest BCUT2D eigenvalue weighted by Gasteiger charge is -2.12. The normalized spacial score (nSPS) is 10.1. The zero-order valence-electron chi connectivity index (χ0n) is 12.8. The minimum Gasteiger partial charge on any atom is -0.393 e. The molecule has 10 heteroatoms. The second-order valence-corrected chi connectivity index (χ2v) is 5.70. The second-order valence-electron chi connectivity index (χ2n) is 4.79. The van der Waals surface area contributed by atoms with Crippen LogP contribution in [0.15, 0.2) is 53.7 Å². The first-order valence-corrected chi connectivity index (χ1v) is 7.88. The van der Waals surface area contributed by atoms with Crippen LogP contribution in [-0.2, 0) is 0 Å². The van der Waals surface area contributed by atoms with Crippen LogP contribution in [0.4, 0.5) is 23.1 Å².